The van der Waals surface area contributed by atoms with E-state index in [-0.39, 0.29) is 5.41 Å². The van der Waals surface area contributed by atoms with Gasteiger partial charge in [0.2, 0.25) is 0 Å². The molecule has 0 bridgehead atoms. The first-order valence-corrected chi connectivity index (χ1v) is 9.40. The Kier molecular flexibility index (Phi) is 4.73. The number of nitrogens with zero attached hydrogens (tertiary/aromatic N) is 5. The molecule has 2 aliphatic heterocycles. The third-order valence-corrected chi connectivity index (χ3v) is 5.66. The second kappa shape index (κ2) is 7.13. The molecule has 0 aliphatic carbocycles. The van der Waals surface area contributed by atoms with Gasteiger partial charge in [-0.15, -0.1) is 11.3 Å². The van der Waals surface area contributed by atoms with Crippen molar-refractivity contribution in [3.63, 3.8) is 0 Å². The van der Waals surface area contributed by atoms with Crippen molar-refractivity contribution in [2.24, 2.45) is 5.41 Å². The number of anilines is 1. The highest BCUT2D eigenvalue weighted by atomic mass is 32.1. The van der Waals surface area contributed by atoms with Crippen LogP contribution in [0.15, 0.2) is 30.2 Å². The maximum absolute atomic E-state index is 5.99. The zero-order chi connectivity index (χ0) is 16.2. The molecule has 2 aromatic rings. The predicted molar refractivity (Wildman–Crippen MR) is 94.1 cm³/mol. The molecule has 2 fully saturated rings. The average molecular weight is 345 g/mol. The van der Waals surface area contributed by atoms with Crippen molar-refractivity contribution in [3.05, 3.63) is 35.2 Å². The first-order chi connectivity index (χ1) is 11.8. The van der Waals surface area contributed by atoms with Crippen LogP contribution in [0, 0.1) is 5.41 Å². The Balaban J connectivity index is 1.49. The lowest BCUT2D eigenvalue weighted by atomic mass is 9.80. The van der Waals surface area contributed by atoms with Crippen LogP contribution in [0.25, 0.3) is 0 Å². The minimum atomic E-state index is 0.170. The second-order valence-electron chi connectivity index (χ2n) is 6.78. The summed E-state index contributed by atoms with van der Waals surface area (Å²) in [7, 11) is 0. The van der Waals surface area contributed by atoms with Crippen LogP contribution >= 0.6 is 11.3 Å². The number of rotatable bonds is 3. The van der Waals surface area contributed by atoms with Crippen LogP contribution in [0.4, 0.5) is 5.82 Å². The molecular formula is C17H23N5OS. The summed E-state index contributed by atoms with van der Waals surface area (Å²) in [4.78, 5) is 18.0. The van der Waals surface area contributed by atoms with E-state index < -0.39 is 0 Å². The Morgan fingerprint density at radius 1 is 1.17 bits per heavy atom. The highest BCUT2D eigenvalue weighted by molar-refractivity contribution is 7.09. The molecule has 2 aliphatic rings. The van der Waals surface area contributed by atoms with Crippen LogP contribution in [0.2, 0.25) is 0 Å². The van der Waals surface area contributed by atoms with Crippen molar-refractivity contribution < 1.29 is 4.74 Å². The van der Waals surface area contributed by atoms with Crippen LogP contribution in [0.3, 0.4) is 0 Å². The molecule has 0 N–H and O–H groups in total. The van der Waals surface area contributed by atoms with Gasteiger partial charge in [-0.3, -0.25) is 9.88 Å². The monoisotopic (exact) mass is 345 g/mol. The minimum absolute atomic E-state index is 0.170. The molecular weight excluding hydrogens is 322 g/mol. The molecule has 0 unspecified atom stereocenters. The van der Waals surface area contributed by atoms with Crippen LogP contribution in [0.1, 0.15) is 17.8 Å². The molecule has 0 amide bonds. The average Bonchev–Trinajstić information content (AvgIpc) is 3.03. The van der Waals surface area contributed by atoms with Crippen molar-refractivity contribution in [2.75, 3.05) is 44.3 Å². The van der Waals surface area contributed by atoms with Gasteiger partial charge in [-0.2, -0.15) is 0 Å². The normalized spacial score (nSPS) is 25.8. The summed E-state index contributed by atoms with van der Waals surface area (Å²) < 4.78 is 5.99. The van der Waals surface area contributed by atoms with Gasteiger partial charge in [-0.25, -0.2) is 9.97 Å². The largest absolute Gasteiger partial charge is 0.379 e. The highest BCUT2D eigenvalue weighted by Crippen LogP contribution is 2.34. The van der Waals surface area contributed by atoms with E-state index in [1.54, 1.807) is 23.7 Å². The van der Waals surface area contributed by atoms with Crippen LogP contribution < -0.4 is 4.90 Å². The molecule has 0 saturated carbocycles. The third-order valence-electron chi connectivity index (χ3n) is 4.90. The molecule has 24 heavy (non-hydrogen) atoms. The van der Waals surface area contributed by atoms with Gasteiger partial charge in [0, 0.05) is 49.0 Å². The molecule has 1 spiro atoms. The predicted octanol–water partition coefficient (Wildman–Crippen LogP) is 2.05. The Morgan fingerprint density at radius 3 is 3.00 bits per heavy atom. The van der Waals surface area contributed by atoms with E-state index in [9.17, 15) is 0 Å². The van der Waals surface area contributed by atoms with Gasteiger partial charge in [-0.05, 0) is 19.4 Å². The summed E-state index contributed by atoms with van der Waals surface area (Å²) in [5.41, 5.74) is 0.170. The Labute approximate surface area is 146 Å². The maximum Gasteiger partial charge on any atom is 0.147 e. The fourth-order valence-corrected chi connectivity index (χ4v) is 4.51. The number of hydrogen-bond donors (Lipinski definition) is 0. The molecule has 2 aromatic heterocycles. The zero-order valence-electron chi connectivity index (χ0n) is 13.8. The lowest BCUT2D eigenvalue weighted by Crippen LogP contribution is -2.50. The van der Waals surface area contributed by atoms with E-state index in [1.807, 2.05) is 12.4 Å². The lowest BCUT2D eigenvalue weighted by molar-refractivity contribution is 0.0106. The van der Waals surface area contributed by atoms with E-state index in [0.717, 1.165) is 51.8 Å². The molecule has 128 valence electrons. The molecule has 6 nitrogen and oxygen atoms in total. The topological polar surface area (TPSA) is 54.4 Å². The summed E-state index contributed by atoms with van der Waals surface area (Å²) >= 11 is 1.74. The minimum Gasteiger partial charge on any atom is -0.379 e. The summed E-state index contributed by atoms with van der Waals surface area (Å²) in [5.74, 6) is 0.958. The standard InChI is InChI=1S/C17H23N5OS/c1-2-17(12-21(6-1)11-16-20-5-9-24-16)13-22(7-8-23-14-17)15-10-18-3-4-19-15/h3-5,9-10H,1-2,6-8,11-14H2/t17-/m1/s1. The molecule has 4 heterocycles. The SMILES string of the molecule is c1cnc(N2CCOC[C@@]3(CCCN(Cc4nccs4)C3)C2)cn1. The quantitative estimate of drug-likeness (QED) is 0.849. The van der Waals surface area contributed by atoms with Gasteiger partial charge in [0.05, 0.1) is 26.0 Å². The van der Waals surface area contributed by atoms with E-state index in [2.05, 4.69) is 30.1 Å². The molecule has 7 heteroatoms. The Bertz CT molecular complexity index is 638. The second-order valence-corrected chi connectivity index (χ2v) is 7.76. The molecule has 4 rings (SSSR count). The number of thiazole rings is 1. The number of hydrogen-bond acceptors (Lipinski definition) is 7. The number of aromatic nitrogens is 3. The first kappa shape index (κ1) is 15.9. The van der Waals surface area contributed by atoms with Crippen molar-refractivity contribution in [1.29, 1.82) is 0 Å². The van der Waals surface area contributed by atoms with Crippen LogP contribution in [0.5, 0.6) is 0 Å². The number of piperidine rings is 1. The number of ether oxygens (including phenoxy) is 1. The molecule has 1 atom stereocenters. The van der Waals surface area contributed by atoms with Gasteiger partial charge in [0.15, 0.2) is 0 Å². The van der Waals surface area contributed by atoms with E-state index in [0.29, 0.717) is 0 Å². The zero-order valence-corrected chi connectivity index (χ0v) is 14.6. The first-order valence-electron chi connectivity index (χ1n) is 8.53. The lowest BCUT2D eigenvalue weighted by Gasteiger charge is -2.43. The van der Waals surface area contributed by atoms with Crippen LogP contribution in [-0.2, 0) is 11.3 Å². The molecule has 0 aromatic carbocycles. The highest BCUT2D eigenvalue weighted by Gasteiger charge is 2.39. The third kappa shape index (κ3) is 3.58. The van der Waals surface area contributed by atoms with Crippen molar-refractivity contribution in [3.8, 4) is 0 Å². The van der Waals surface area contributed by atoms with Gasteiger partial charge in [0.1, 0.15) is 10.8 Å². The fourth-order valence-electron chi connectivity index (χ4n) is 3.86. The van der Waals surface area contributed by atoms with E-state index in [4.69, 9.17) is 4.74 Å². The van der Waals surface area contributed by atoms with Crippen molar-refractivity contribution >= 4 is 17.2 Å². The van der Waals surface area contributed by atoms with Gasteiger partial charge in [0.25, 0.3) is 0 Å². The Morgan fingerprint density at radius 2 is 2.17 bits per heavy atom. The van der Waals surface area contributed by atoms with Gasteiger partial charge in [-0.1, -0.05) is 0 Å². The summed E-state index contributed by atoms with van der Waals surface area (Å²) in [6.07, 6.45) is 9.66. The molecule has 2 saturated heterocycles. The van der Waals surface area contributed by atoms with Crippen molar-refractivity contribution in [2.45, 2.75) is 19.4 Å². The van der Waals surface area contributed by atoms with Gasteiger partial charge >= 0.3 is 0 Å². The van der Waals surface area contributed by atoms with Crippen LogP contribution in [-0.4, -0.2) is 59.2 Å². The fraction of sp³-hybridized carbons (Fsp3) is 0.588. The number of likely N-dealkylation sites (tertiary alicyclic amines) is 1. The molecule has 0 radical (unpaired) electrons. The summed E-state index contributed by atoms with van der Waals surface area (Å²) in [6.45, 7) is 6.61. The smallest absolute Gasteiger partial charge is 0.147 e. The van der Waals surface area contributed by atoms with E-state index in [1.165, 1.54) is 17.8 Å². The van der Waals surface area contributed by atoms with Gasteiger partial charge < -0.3 is 9.64 Å². The van der Waals surface area contributed by atoms with E-state index >= 15 is 0 Å². The van der Waals surface area contributed by atoms with Crippen molar-refractivity contribution in [1.82, 2.24) is 19.9 Å². The summed E-state index contributed by atoms with van der Waals surface area (Å²) in [5, 5.41) is 3.26. The Hall–Kier alpha value is -1.57. The maximum atomic E-state index is 5.99. The summed E-state index contributed by atoms with van der Waals surface area (Å²) in [6, 6.07) is 0.